The molecule has 2 nitrogen and oxygen atoms in total. The molecule has 0 aliphatic heterocycles. The van der Waals surface area contributed by atoms with Crippen LogP contribution < -0.4 is 0 Å². The summed E-state index contributed by atoms with van der Waals surface area (Å²) in [5.74, 6) is 0.470. The van der Waals surface area contributed by atoms with E-state index >= 15 is 0 Å². The fraction of sp³-hybridized carbons (Fsp3) is 0.522. The number of allylic oxidation sites excluding steroid dienone is 4. The molecule has 0 saturated carbocycles. The molecule has 4 rings (SSSR count). The van der Waals surface area contributed by atoms with Crippen LogP contribution in [0.3, 0.4) is 0 Å². The monoisotopic (exact) mass is 386 g/mol. The van der Waals surface area contributed by atoms with E-state index in [0.717, 1.165) is 0 Å². The van der Waals surface area contributed by atoms with Gasteiger partial charge in [-0.1, -0.05) is 0 Å². The van der Waals surface area contributed by atoms with E-state index in [-0.39, 0.29) is 5.97 Å². The Morgan fingerprint density at radius 3 is 2.46 bits per heavy atom. The SMILES string of the molecule is CC1C2=C(CCCC2)C2=C1[CH]([Ti]([CH3])([CH3])[O]C(=O)c1ccccc1)CCC2. The van der Waals surface area contributed by atoms with Crippen LogP contribution in [0.15, 0.2) is 52.6 Å². The summed E-state index contributed by atoms with van der Waals surface area (Å²) in [5, 5.41) is 4.59. The van der Waals surface area contributed by atoms with Crippen molar-refractivity contribution in [3.8, 4) is 0 Å². The van der Waals surface area contributed by atoms with E-state index < -0.39 is 17.0 Å². The topological polar surface area (TPSA) is 26.3 Å². The van der Waals surface area contributed by atoms with Crippen molar-refractivity contribution in [3.63, 3.8) is 0 Å². The number of carbonyl (C=O) groups is 1. The molecule has 3 aliphatic carbocycles. The number of hydrogen-bond donors (Lipinski definition) is 0. The molecule has 1 aromatic rings. The molecule has 1 aromatic carbocycles. The minimum absolute atomic E-state index is 0.119. The molecule has 2 atom stereocenters. The number of carbonyl (C=O) groups excluding carboxylic acids is 1. The van der Waals surface area contributed by atoms with Crippen LogP contribution in [0.5, 0.6) is 0 Å². The third-order valence-electron chi connectivity index (χ3n) is 6.71. The van der Waals surface area contributed by atoms with Gasteiger partial charge >= 0.3 is 162 Å². The molecule has 0 N–H and O–H groups in total. The Kier molecular flexibility index (Phi) is 5.01. The first-order valence-corrected chi connectivity index (χ1v) is 14.9. The summed E-state index contributed by atoms with van der Waals surface area (Å²) in [6.07, 6.45) is 8.97. The molecule has 0 spiro atoms. The van der Waals surface area contributed by atoms with E-state index in [9.17, 15) is 4.79 Å². The van der Waals surface area contributed by atoms with E-state index in [1.807, 2.05) is 30.3 Å². The predicted octanol–water partition coefficient (Wildman–Crippen LogP) is 6.80. The van der Waals surface area contributed by atoms with Gasteiger partial charge in [-0.25, -0.2) is 0 Å². The van der Waals surface area contributed by atoms with Gasteiger partial charge < -0.3 is 0 Å². The average Bonchev–Trinajstić information content (AvgIpc) is 2.95. The van der Waals surface area contributed by atoms with E-state index in [4.69, 9.17) is 3.32 Å². The van der Waals surface area contributed by atoms with Crippen molar-refractivity contribution in [2.45, 2.75) is 66.5 Å². The van der Waals surface area contributed by atoms with Crippen LogP contribution in [-0.2, 0) is 20.3 Å². The summed E-state index contributed by atoms with van der Waals surface area (Å²) in [5.41, 5.74) is 7.47. The first-order valence-electron chi connectivity index (χ1n) is 10.2. The molecule has 0 amide bonds. The second kappa shape index (κ2) is 7.13. The zero-order valence-corrected chi connectivity index (χ0v) is 17.9. The minimum atomic E-state index is -2.77. The van der Waals surface area contributed by atoms with Crippen LogP contribution in [0.25, 0.3) is 0 Å². The average molecular weight is 386 g/mol. The Balaban J connectivity index is 1.61. The number of rotatable bonds is 3. The van der Waals surface area contributed by atoms with Crippen molar-refractivity contribution in [2.75, 3.05) is 0 Å². The molecule has 0 radical (unpaired) electrons. The van der Waals surface area contributed by atoms with Crippen LogP contribution in [0, 0.1) is 5.92 Å². The molecule has 3 aliphatic rings. The molecule has 3 heteroatoms. The molecular weight excluding hydrogens is 356 g/mol. The summed E-state index contributed by atoms with van der Waals surface area (Å²) in [6.45, 7) is 2.42. The fourth-order valence-corrected chi connectivity index (χ4v) is 9.87. The van der Waals surface area contributed by atoms with Gasteiger partial charge in [-0.15, -0.1) is 0 Å². The summed E-state index contributed by atoms with van der Waals surface area (Å²) in [6, 6.07) is 9.50. The number of fused-ring (bicyclic) bond motifs is 1. The van der Waals surface area contributed by atoms with E-state index in [2.05, 4.69) is 17.4 Å². The maximum absolute atomic E-state index is 12.7. The Labute approximate surface area is 161 Å². The molecule has 0 aromatic heterocycles. The van der Waals surface area contributed by atoms with Gasteiger partial charge in [-0.3, -0.25) is 0 Å². The van der Waals surface area contributed by atoms with Gasteiger partial charge in [-0.2, -0.15) is 0 Å². The van der Waals surface area contributed by atoms with Gasteiger partial charge in [0.1, 0.15) is 0 Å². The Morgan fingerprint density at radius 2 is 1.69 bits per heavy atom. The van der Waals surface area contributed by atoms with Crippen molar-refractivity contribution in [3.05, 3.63) is 58.2 Å². The zero-order valence-electron chi connectivity index (χ0n) is 16.3. The van der Waals surface area contributed by atoms with Crippen molar-refractivity contribution >= 4 is 5.97 Å². The summed E-state index contributed by atoms with van der Waals surface area (Å²) < 4.78 is 6.79. The second-order valence-corrected chi connectivity index (χ2v) is 15.1. The number of hydrogen-bond acceptors (Lipinski definition) is 2. The van der Waals surface area contributed by atoms with Crippen LogP contribution in [0.2, 0.25) is 14.7 Å². The Morgan fingerprint density at radius 1 is 1.00 bits per heavy atom. The molecule has 0 heterocycles. The van der Waals surface area contributed by atoms with Crippen molar-refractivity contribution < 1.29 is 25.1 Å². The molecule has 0 saturated heterocycles. The van der Waals surface area contributed by atoms with Crippen LogP contribution in [0.1, 0.15) is 62.2 Å². The number of benzene rings is 1. The van der Waals surface area contributed by atoms with Gasteiger partial charge in [-0.05, 0) is 0 Å². The first kappa shape index (κ1) is 18.3. The van der Waals surface area contributed by atoms with Crippen LogP contribution in [-0.4, -0.2) is 5.97 Å². The molecule has 138 valence electrons. The van der Waals surface area contributed by atoms with Gasteiger partial charge in [0.15, 0.2) is 0 Å². The Bertz CT molecular complexity index is 773. The van der Waals surface area contributed by atoms with E-state index in [1.54, 1.807) is 22.3 Å². The molecule has 0 bridgehead atoms. The predicted molar refractivity (Wildman–Crippen MR) is 103 cm³/mol. The van der Waals surface area contributed by atoms with E-state index in [0.29, 0.717) is 15.7 Å². The van der Waals surface area contributed by atoms with Crippen LogP contribution in [0.4, 0.5) is 0 Å². The van der Waals surface area contributed by atoms with Crippen molar-refractivity contribution in [2.24, 2.45) is 5.92 Å². The molecule has 2 unspecified atom stereocenters. The summed E-state index contributed by atoms with van der Waals surface area (Å²) >= 11 is -2.77. The normalized spacial score (nSPS) is 25.8. The second-order valence-electron chi connectivity index (χ2n) is 8.67. The van der Waals surface area contributed by atoms with Crippen molar-refractivity contribution in [1.29, 1.82) is 0 Å². The molecular formula is C23H30O2Ti. The maximum atomic E-state index is 12.7. The molecule has 0 fully saturated rings. The quantitative estimate of drug-likeness (QED) is 0.534. The fourth-order valence-electron chi connectivity index (χ4n) is 5.49. The van der Waals surface area contributed by atoms with Gasteiger partial charge in [0, 0.05) is 0 Å². The van der Waals surface area contributed by atoms with E-state index in [1.165, 1.54) is 44.9 Å². The third kappa shape index (κ3) is 3.16. The Hall–Kier alpha value is -1.12. The van der Waals surface area contributed by atoms with Gasteiger partial charge in [0.2, 0.25) is 0 Å². The van der Waals surface area contributed by atoms with Gasteiger partial charge in [0.25, 0.3) is 0 Å². The standard InChI is InChI=1S/C14H19.C7H6O2.2CH3.Ti/c1-10-11-6-2-4-8-13(11)14-9-5-3-7-12(10)14;8-7(9)6-4-2-1-3-5-6;;;/h6,10H,2-5,7-9H2,1H3;1-5H,(H,8,9);2*1H3;/q;;;;+1/p-1. The summed E-state index contributed by atoms with van der Waals surface area (Å²) in [4.78, 5) is 12.7. The van der Waals surface area contributed by atoms with Gasteiger partial charge in [0.05, 0.1) is 0 Å². The first-order chi connectivity index (χ1) is 12.5. The third-order valence-corrected chi connectivity index (χ3v) is 11.4. The van der Waals surface area contributed by atoms with Crippen molar-refractivity contribution in [1.82, 2.24) is 0 Å². The molecule has 26 heavy (non-hydrogen) atoms. The van der Waals surface area contributed by atoms with Crippen LogP contribution >= 0.6 is 0 Å². The zero-order chi connectivity index (χ0) is 18.3. The summed E-state index contributed by atoms with van der Waals surface area (Å²) in [7, 11) is 0.